The number of hydrogen-bond donors (Lipinski definition) is 0. The van der Waals surface area contributed by atoms with E-state index >= 15 is 0 Å². The van der Waals surface area contributed by atoms with E-state index in [2.05, 4.69) is 23.9 Å². The lowest BCUT2D eigenvalue weighted by atomic mass is 10.0. The van der Waals surface area contributed by atoms with Gasteiger partial charge in [0.2, 0.25) is 0 Å². The van der Waals surface area contributed by atoms with Crippen molar-refractivity contribution in [3.63, 3.8) is 0 Å². The van der Waals surface area contributed by atoms with Crippen molar-refractivity contribution in [2.45, 2.75) is 13.0 Å². The van der Waals surface area contributed by atoms with Crippen molar-refractivity contribution in [3.05, 3.63) is 0 Å². The topological polar surface area (TPSA) is 15.6 Å². The molecule has 2 aliphatic rings. The maximum Gasteiger partial charge on any atom is 0.0736 e. The minimum Gasteiger partial charge on any atom is -0.305 e. The Bertz CT molecular complexity index is 185. The van der Waals surface area contributed by atoms with Crippen LogP contribution in [0.2, 0.25) is 0 Å². The van der Waals surface area contributed by atoms with Crippen molar-refractivity contribution < 1.29 is 0 Å². The van der Waals surface area contributed by atoms with Gasteiger partial charge in [-0.05, 0) is 14.0 Å². The van der Waals surface area contributed by atoms with Gasteiger partial charge < -0.3 is 4.90 Å². The van der Waals surface area contributed by atoms with E-state index in [9.17, 15) is 0 Å². The summed E-state index contributed by atoms with van der Waals surface area (Å²) in [5, 5.41) is 1.41. The molecular weight excluding hydrogens is 156 g/mol. The Kier molecular flexibility index (Phi) is 1.93. The lowest BCUT2D eigenvalue weighted by molar-refractivity contribution is 0.185. The van der Waals surface area contributed by atoms with Crippen molar-refractivity contribution in [2.75, 3.05) is 25.9 Å². The highest BCUT2D eigenvalue weighted by atomic mass is 32.2. The number of thioether (sulfide) groups is 1. The quantitative estimate of drug-likeness (QED) is 0.585. The predicted molar refractivity (Wildman–Crippen MR) is 50.3 cm³/mol. The summed E-state index contributed by atoms with van der Waals surface area (Å²) in [5.41, 5.74) is 0. The first-order chi connectivity index (χ1) is 5.25. The van der Waals surface area contributed by atoms with Crippen LogP contribution in [0.25, 0.3) is 0 Å². The summed E-state index contributed by atoms with van der Waals surface area (Å²) in [6.45, 7) is 4.64. The van der Waals surface area contributed by atoms with Gasteiger partial charge in [0.05, 0.1) is 11.1 Å². The van der Waals surface area contributed by atoms with Crippen LogP contribution in [-0.4, -0.2) is 41.9 Å². The molecule has 2 heterocycles. The Morgan fingerprint density at radius 3 is 2.73 bits per heavy atom. The van der Waals surface area contributed by atoms with Crippen LogP contribution < -0.4 is 0 Å². The molecular formula is C8H14N2S. The highest BCUT2D eigenvalue weighted by Gasteiger charge is 2.30. The van der Waals surface area contributed by atoms with E-state index in [-0.39, 0.29) is 0 Å². The summed E-state index contributed by atoms with van der Waals surface area (Å²) in [4.78, 5) is 6.94. The van der Waals surface area contributed by atoms with Crippen LogP contribution in [0.15, 0.2) is 4.99 Å². The third kappa shape index (κ3) is 1.44. The van der Waals surface area contributed by atoms with Gasteiger partial charge in [-0.3, -0.25) is 4.99 Å². The third-order valence-corrected chi connectivity index (χ3v) is 3.62. The molecule has 2 nitrogen and oxygen atoms in total. The molecule has 0 aromatic carbocycles. The van der Waals surface area contributed by atoms with Crippen LogP contribution in [0.1, 0.15) is 6.92 Å². The maximum atomic E-state index is 4.60. The van der Waals surface area contributed by atoms with Gasteiger partial charge in [-0.15, -0.1) is 11.8 Å². The molecule has 0 aliphatic carbocycles. The highest BCUT2D eigenvalue weighted by Crippen LogP contribution is 2.27. The fraction of sp³-hybridized carbons (Fsp3) is 0.875. The summed E-state index contributed by atoms with van der Waals surface area (Å²) in [7, 11) is 2.17. The molecule has 1 fully saturated rings. The van der Waals surface area contributed by atoms with Gasteiger partial charge in [0, 0.05) is 24.8 Å². The zero-order chi connectivity index (χ0) is 7.84. The molecule has 2 rings (SSSR count). The van der Waals surface area contributed by atoms with Gasteiger partial charge in [0.25, 0.3) is 0 Å². The highest BCUT2D eigenvalue weighted by molar-refractivity contribution is 8.14. The van der Waals surface area contributed by atoms with E-state index in [1.54, 1.807) is 0 Å². The lowest BCUT2D eigenvalue weighted by Crippen LogP contribution is -2.46. The van der Waals surface area contributed by atoms with E-state index in [4.69, 9.17) is 0 Å². The van der Waals surface area contributed by atoms with Gasteiger partial charge in [0.15, 0.2) is 0 Å². The smallest absolute Gasteiger partial charge is 0.0736 e. The Morgan fingerprint density at radius 1 is 1.55 bits per heavy atom. The van der Waals surface area contributed by atoms with Gasteiger partial charge in [-0.2, -0.15) is 0 Å². The van der Waals surface area contributed by atoms with Crippen molar-refractivity contribution in [3.8, 4) is 0 Å². The standard InChI is InChI=1S/C8H14N2S/c1-6-5-11-8(9-6)7-3-10(2)4-7/h6-7H,3-5H2,1-2H3. The molecule has 11 heavy (non-hydrogen) atoms. The van der Waals surface area contributed by atoms with Crippen LogP contribution in [-0.2, 0) is 0 Å². The van der Waals surface area contributed by atoms with E-state index in [0.29, 0.717) is 6.04 Å². The molecule has 1 unspecified atom stereocenters. The van der Waals surface area contributed by atoms with Gasteiger partial charge in [-0.1, -0.05) is 0 Å². The number of hydrogen-bond acceptors (Lipinski definition) is 3. The molecule has 0 N–H and O–H groups in total. The number of rotatable bonds is 1. The van der Waals surface area contributed by atoms with E-state index in [1.807, 2.05) is 11.8 Å². The first-order valence-corrected chi connectivity index (χ1v) is 5.13. The molecule has 0 aromatic heterocycles. The van der Waals surface area contributed by atoms with Crippen LogP contribution in [0.3, 0.4) is 0 Å². The molecule has 0 spiro atoms. The van der Waals surface area contributed by atoms with E-state index in [1.165, 1.54) is 23.9 Å². The Morgan fingerprint density at radius 2 is 2.27 bits per heavy atom. The lowest BCUT2D eigenvalue weighted by Gasteiger charge is -2.35. The molecule has 2 aliphatic heterocycles. The van der Waals surface area contributed by atoms with Crippen LogP contribution in [0, 0.1) is 5.92 Å². The molecule has 1 saturated heterocycles. The summed E-state index contributed by atoms with van der Waals surface area (Å²) < 4.78 is 0. The second-order valence-electron chi connectivity index (χ2n) is 3.55. The Hall–Kier alpha value is -0.0200. The average molecular weight is 170 g/mol. The first kappa shape index (κ1) is 7.62. The van der Waals surface area contributed by atoms with E-state index in [0.717, 1.165) is 5.92 Å². The fourth-order valence-corrected chi connectivity index (χ4v) is 2.70. The average Bonchev–Trinajstić information content (AvgIpc) is 2.29. The van der Waals surface area contributed by atoms with Crippen LogP contribution in [0.5, 0.6) is 0 Å². The first-order valence-electron chi connectivity index (χ1n) is 4.15. The molecule has 62 valence electrons. The van der Waals surface area contributed by atoms with Crippen molar-refractivity contribution in [1.82, 2.24) is 4.90 Å². The SMILES string of the molecule is CC1CSC(C2CN(C)C2)=N1. The van der Waals surface area contributed by atoms with Crippen molar-refractivity contribution in [2.24, 2.45) is 10.9 Å². The van der Waals surface area contributed by atoms with Gasteiger partial charge >= 0.3 is 0 Å². The number of nitrogens with zero attached hydrogens (tertiary/aromatic N) is 2. The fourth-order valence-electron chi connectivity index (χ4n) is 1.58. The second-order valence-corrected chi connectivity index (χ2v) is 4.59. The molecule has 0 saturated carbocycles. The normalized spacial score (nSPS) is 33.6. The zero-order valence-corrected chi connectivity index (χ0v) is 7.90. The Balaban J connectivity index is 1.92. The van der Waals surface area contributed by atoms with Crippen molar-refractivity contribution >= 4 is 16.8 Å². The van der Waals surface area contributed by atoms with E-state index < -0.39 is 0 Å². The van der Waals surface area contributed by atoms with Gasteiger partial charge in [0.1, 0.15) is 0 Å². The zero-order valence-electron chi connectivity index (χ0n) is 7.08. The molecule has 3 heteroatoms. The monoisotopic (exact) mass is 170 g/mol. The predicted octanol–water partition coefficient (Wildman–Crippen LogP) is 1.08. The molecule has 0 amide bonds. The molecule has 1 atom stereocenters. The maximum absolute atomic E-state index is 4.60. The minimum atomic E-state index is 0.570. The van der Waals surface area contributed by atoms with Gasteiger partial charge in [-0.25, -0.2) is 0 Å². The van der Waals surface area contributed by atoms with Crippen LogP contribution in [0.4, 0.5) is 0 Å². The number of aliphatic imine (C=N–C) groups is 1. The summed E-state index contributed by atoms with van der Waals surface area (Å²) in [6, 6.07) is 0.570. The number of likely N-dealkylation sites (tertiary alicyclic amines) is 1. The van der Waals surface area contributed by atoms with Crippen LogP contribution >= 0.6 is 11.8 Å². The summed E-state index contributed by atoms with van der Waals surface area (Å²) >= 11 is 1.96. The molecule has 0 radical (unpaired) electrons. The molecule has 0 aromatic rings. The minimum absolute atomic E-state index is 0.570. The summed E-state index contributed by atoms with van der Waals surface area (Å²) in [5.74, 6) is 1.98. The third-order valence-electron chi connectivity index (χ3n) is 2.23. The Labute approximate surface area is 72.1 Å². The largest absolute Gasteiger partial charge is 0.305 e. The molecule has 0 bridgehead atoms. The summed E-state index contributed by atoms with van der Waals surface area (Å²) in [6.07, 6.45) is 0. The van der Waals surface area contributed by atoms with Crippen molar-refractivity contribution in [1.29, 1.82) is 0 Å². The second kappa shape index (κ2) is 2.79.